The summed E-state index contributed by atoms with van der Waals surface area (Å²) in [6.07, 6.45) is 4.56. The van der Waals surface area contributed by atoms with Gasteiger partial charge in [0.25, 0.3) is 0 Å². The van der Waals surface area contributed by atoms with E-state index in [1.807, 2.05) is 42.5 Å². The zero-order chi connectivity index (χ0) is 20.3. The fourth-order valence-electron chi connectivity index (χ4n) is 3.54. The molecule has 3 rings (SSSR count). The van der Waals surface area contributed by atoms with Crippen molar-refractivity contribution >= 4 is 35.8 Å². The lowest BCUT2D eigenvalue weighted by Crippen LogP contribution is -2.43. The molecule has 2 aromatic rings. The third-order valence-electron chi connectivity index (χ3n) is 5.12. The number of carbonyl (C=O) groups excluding carboxylic acids is 1. The van der Waals surface area contributed by atoms with Gasteiger partial charge in [-0.05, 0) is 43.6 Å². The van der Waals surface area contributed by atoms with Crippen LogP contribution in [0.4, 0.5) is 0 Å². The predicted molar refractivity (Wildman–Crippen MR) is 130 cm³/mol. The van der Waals surface area contributed by atoms with E-state index < -0.39 is 0 Å². The predicted octanol–water partition coefficient (Wildman–Crippen LogP) is 2.91. The number of amides is 1. The number of aliphatic imine (C=N–C) groups is 1. The second-order valence-corrected chi connectivity index (χ2v) is 7.17. The molecule has 1 fully saturated rings. The summed E-state index contributed by atoms with van der Waals surface area (Å²) >= 11 is 0. The van der Waals surface area contributed by atoms with Crippen molar-refractivity contribution in [1.29, 1.82) is 0 Å². The second kappa shape index (κ2) is 13.3. The van der Waals surface area contributed by atoms with Crippen LogP contribution in [0, 0.1) is 0 Å². The Labute approximate surface area is 195 Å². The minimum atomic E-state index is 0. The van der Waals surface area contributed by atoms with Gasteiger partial charge in [-0.15, -0.1) is 24.0 Å². The highest BCUT2D eigenvalue weighted by Crippen LogP contribution is 2.24. The van der Waals surface area contributed by atoms with E-state index >= 15 is 0 Å². The highest BCUT2D eigenvalue weighted by Gasteiger charge is 2.25. The molecule has 1 aromatic carbocycles. The normalized spacial score (nSPS) is 15.3. The summed E-state index contributed by atoms with van der Waals surface area (Å²) in [7, 11) is 1.74. The molecule has 7 nitrogen and oxygen atoms in total. The third-order valence-corrected chi connectivity index (χ3v) is 5.12. The number of hydrogen-bond donors (Lipinski definition) is 3. The number of carbonyl (C=O) groups is 1. The van der Waals surface area contributed by atoms with Gasteiger partial charge in [0.1, 0.15) is 5.76 Å². The zero-order valence-electron chi connectivity index (χ0n) is 17.5. The van der Waals surface area contributed by atoms with Crippen molar-refractivity contribution in [3.05, 3.63) is 60.1 Å². The van der Waals surface area contributed by atoms with Crippen LogP contribution in [-0.2, 0) is 11.3 Å². The fraction of sp³-hybridized carbons (Fsp3) is 0.455. The number of furan rings is 1. The number of benzene rings is 1. The van der Waals surface area contributed by atoms with E-state index in [1.54, 1.807) is 13.3 Å². The van der Waals surface area contributed by atoms with E-state index in [1.165, 1.54) is 12.8 Å². The molecule has 30 heavy (non-hydrogen) atoms. The maximum absolute atomic E-state index is 12.1. The molecule has 164 valence electrons. The average molecular weight is 525 g/mol. The highest BCUT2D eigenvalue weighted by molar-refractivity contribution is 14.0. The van der Waals surface area contributed by atoms with Gasteiger partial charge in [-0.1, -0.05) is 30.3 Å². The SMILES string of the molecule is CN=C(NCCC(=O)NCc1ccccc1)NCC(c1ccco1)N1CCCC1.I. The van der Waals surface area contributed by atoms with Gasteiger partial charge >= 0.3 is 0 Å². The molecule has 8 heteroatoms. The van der Waals surface area contributed by atoms with Crippen molar-refractivity contribution in [3.63, 3.8) is 0 Å². The van der Waals surface area contributed by atoms with Gasteiger partial charge in [-0.2, -0.15) is 0 Å². The first-order valence-electron chi connectivity index (χ1n) is 10.3. The largest absolute Gasteiger partial charge is 0.468 e. The van der Waals surface area contributed by atoms with Gasteiger partial charge in [0, 0.05) is 33.1 Å². The minimum absolute atomic E-state index is 0. The Bertz CT molecular complexity index is 761. The first-order chi connectivity index (χ1) is 14.3. The standard InChI is InChI=1S/C22H31N5O2.HI/c1-23-22(24-12-11-21(28)25-16-18-8-3-2-4-9-18)26-17-19(20-10-7-15-29-20)27-13-5-6-14-27;/h2-4,7-10,15,19H,5-6,11-14,16-17H2,1H3,(H,25,28)(H2,23,24,26);1H. The van der Waals surface area contributed by atoms with Crippen LogP contribution in [-0.4, -0.2) is 50.0 Å². The fourth-order valence-corrected chi connectivity index (χ4v) is 3.54. The van der Waals surface area contributed by atoms with E-state index in [2.05, 4.69) is 25.8 Å². The first kappa shape index (κ1) is 24.2. The highest BCUT2D eigenvalue weighted by atomic mass is 127. The molecule has 1 atom stereocenters. The van der Waals surface area contributed by atoms with Crippen molar-refractivity contribution in [1.82, 2.24) is 20.9 Å². The van der Waals surface area contributed by atoms with Crippen LogP contribution in [0.25, 0.3) is 0 Å². The summed E-state index contributed by atoms with van der Waals surface area (Å²) in [4.78, 5) is 18.8. The third kappa shape index (κ3) is 7.64. The minimum Gasteiger partial charge on any atom is -0.468 e. The Hall–Kier alpha value is -2.07. The molecule has 1 aromatic heterocycles. The van der Waals surface area contributed by atoms with Gasteiger partial charge in [0.2, 0.25) is 5.91 Å². The number of nitrogens with zero attached hydrogens (tertiary/aromatic N) is 2. The Balaban J connectivity index is 0.00000320. The van der Waals surface area contributed by atoms with Gasteiger partial charge in [0.05, 0.1) is 12.3 Å². The molecule has 0 spiro atoms. The molecule has 1 saturated heterocycles. The van der Waals surface area contributed by atoms with Crippen LogP contribution in [0.5, 0.6) is 0 Å². The maximum Gasteiger partial charge on any atom is 0.222 e. The molecule has 1 unspecified atom stereocenters. The molecular weight excluding hydrogens is 493 g/mol. The summed E-state index contributed by atoms with van der Waals surface area (Å²) in [6.45, 7) is 3.94. The van der Waals surface area contributed by atoms with E-state index in [0.717, 1.165) is 24.4 Å². The van der Waals surface area contributed by atoms with Crippen LogP contribution in [0.15, 0.2) is 58.1 Å². The Morgan fingerprint density at radius 2 is 1.87 bits per heavy atom. The van der Waals surface area contributed by atoms with E-state index in [9.17, 15) is 4.79 Å². The van der Waals surface area contributed by atoms with Crippen molar-refractivity contribution in [2.24, 2.45) is 4.99 Å². The summed E-state index contributed by atoms with van der Waals surface area (Å²) in [6, 6.07) is 14.0. The van der Waals surface area contributed by atoms with E-state index in [-0.39, 0.29) is 35.9 Å². The van der Waals surface area contributed by atoms with E-state index in [0.29, 0.717) is 32.0 Å². The van der Waals surface area contributed by atoms with Crippen LogP contribution in [0.3, 0.4) is 0 Å². The lowest BCUT2D eigenvalue weighted by Gasteiger charge is -2.26. The summed E-state index contributed by atoms with van der Waals surface area (Å²) < 4.78 is 5.66. The monoisotopic (exact) mass is 525 g/mol. The quantitative estimate of drug-likeness (QED) is 0.267. The average Bonchev–Trinajstić information content (AvgIpc) is 3.47. The number of halogens is 1. The summed E-state index contributed by atoms with van der Waals surface area (Å²) in [5, 5.41) is 9.53. The van der Waals surface area contributed by atoms with Gasteiger partial charge in [-0.25, -0.2) is 0 Å². The van der Waals surface area contributed by atoms with Crippen molar-refractivity contribution in [2.75, 3.05) is 33.2 Å². The lowest BCUT2D eigenvalue weighted by molar-refractivity contribution is -0.121. The number of nitrogens with one attached hydrogen (secondary N) is 3. The van der Waals surface area contributed by atoms with Crippen LogP contribution in [0.2, 0.25) is 0 Å². The Morgan fingerprint density at radius 3 is 2.53 bits per heavy atom. The van der Waals surface area contributed by atoms with Crippen LogP contribution >= 0.6 is 24.0 Å². The number of rotatable bonds is 9. The van der Waals surface area contributed by atoms with Gasteiger partial charge in [0.15, 0.2) is 5.96 Å². The zero-order valence-corrected chi connectivity index (χ0v) is 19.8. The summed E-state index contributed by atoms with van der Waals surface area (Å²) in [5.41, 5.74) is 1.09. The summed E-state index contributed by atoms with van der Waals surface area (Å²) in [5.74, 6) is 1.68. The molecule has 0 radical (unpaired) electrons. The first-order valence-corrected chi connectivity index (χ1v) is 10.3. The Morgan fingerprint density at radius 1 is 1.10 bits per heavy atom. The molecule has 2 heterocycles. The van der Waals surface area contributed by atoms with E-state index in [4.69, 9.17) is 4.42 Å². The Kier molecular flexibility index (Phi) is 10.7. The van der Waals surface area contributed by atoms with Crippen molar-refractivity contribution < 1.29 is 9.21 Å². The maximum atomic E-state index is 12.1. The van der Waals surface area contributed by atoms with Crippen molar-refractivity contribution in [3.8, 4) is 0 Å². The molecule has 1 aliphatic heterocycles. The topological polar surface area (TPSA) is 81.9 Å². The van der Waals surface area contributed by atoms with Crippen molar-refractivity contribution in [2.45, 2.75) is 31.8 Å². The second-order valence-electron chi connectivity index (χ2n) is 7.17. The smallest absolute Gasteiger partial charge is 0.222 e. The number of guanidine groups is 1. The molecule has 3 N–H and O–H groups in total. The molecule has 0 bridgehead atoms. The molecule has 0 aliphatic carbocycles. The van der Waals surface area contributed by atoms with Crippen LogP contribution in [0.1, 0.15) is 36.6 Å². The molecule has 1 aliphatic rings. The van der Waals surface area contributed by atoms with Gasteiger partial charge < -0.3 is 20.4 Å². The lowest BCUT2D eigenvalue weighted by atomic mass is 10.2. The van der Waals surface area contributed by atoms with Gasteiger partial charge in [-0.3, -0.25) is 14.7 Å². The number of likely N-dealkylation sites (tertiary alicyclic amines) is 1. The molecular formula is C22H32IN5O2. The van der Waals surface area contributed by atoms with Crippen LogP contribution < -0.4 is 16.0 Å². The number of hydrogen-bond acceptors (Lipinski definition) is 4. The molecule has 1 amide bonds. The molecule has 0 saturated carbocycles.